The van der Waals surface area contributed by atoms with Gasteiger partial charge in [-0.15, -0.1) is 0 Å². The summed E-state index contributed by atoms with van der Waals surface area (Å²) < 4.78 is 5.40. The lowest BCUT2D eigenvalue weighted by Gasteiger charge is -2.33. The fourth-order valence-corrected chi connectivity index (χ4v) is 2.36. The van der Waals surface area contributed by atoms with Crippen LogP contribution in [0, 0.1) is 10.8 Å². The SMILES string of the molecule is CCC(C)(C)CC(C)(C)COC(=O)CCNCCCN. The maximum absolute atomic E-state index is 11.7. The maximum atomic E-state index is 11.7. The smallest absolute Gasteiger partial charge is 0.307 e. The van der Waals surface area contributed by atoms with Gasteiger partial charge >= 0.3 is 5.97 Å². The molecule has 0 bridgehead atoms. The third kappa shape index (κ3) is 10.2. The molecule has 0 unspecified atom stereocenters. The van der Waals surface area contributed by atoms with Gasteiger partial charge in [-0.25, -0.2) is 0 Å². The molecule has 20 heavy (non-hydrogen) atoms. The quantitative estimate of drug-likeness (QED) is 0.453. The van der Waals surface area contributed by atoms with E-state index in [1.165, 1.54) is 0 Å². The molecule has 120 valence electrons. The van der Waals surface area contributed by atoms with E-state index < -0.39 is 0 Å². The van der Waals surface area contributed by atoms with Gasteiger partial charge in [0.25, 0.3) is 0 Å². The zero-order valence-corrected chi connectivity index (χ0v) is 14.1. The molecular weight excluding hydrogens is 252 g/mol. The molecule has 0 aliphatic carbocycles. The Kier molecular flexibility index (Phi) is 9.06. The van der Waals surface area contributed by atoms with Gasteiger partial charge in [0.15, 0.2) is 0 Å². The number of esters is 1. The second-order valence-electron chi connectivity index (χ2n) is 7.16. The van der Waals surface area contributed by atoms with Crippen molar-refractivity contribution in [3.8, 4) is 0 Å². The van der Waals surface area contributed by atoms with Gasteiger partial charge in [0, 0.05) is 6.54 Å². The van der Waals surface area contributed by atoms with E-state index >= 15 is 0 Å². The van der Waals surface area contributed by atoms with Gasteiger partial charge in [0.1, 0.15) is 0 Å². The minimum atomic E-state index is -0.118. The van der Waals surface area contributed by atoms with Crippen LogP contribution in [0.5, 0.6) is 0 Å². The van der Waals surface area contributed by atoms with E-state index in [9.17, 15) is 4.79 Å². The second kappa shape index (κ2) is 9.35. The van der Waals surface area contributed by atoms with Crippen LogP contribution in [0.25, 0.3) is 0 Å². The van der Waals surface area contributed by atoms with Gasteiger partial charge in [-0.2, -0.15) is 0 Å². The summed E-state index contributed by atoms with van der Waals surface area (Å²) >= 11 is 0. The minimum Gasteiger partial charge on any atom is -0.465 e. The summed E-state index contributed by atoms with van der Waals surface area (Å²) in [7, 11) is 0. The minimum absolute atomic E-state index is 0.0299. The Hall–Kier alpha value is -0.610. The molecule has 0 aromatic heterocycles. The van der Waals surface area contributed by atoms with Crippen molar-refractivity contribution in [2.45, 2.75) is 60.3 Å². The molecule has 0 aromatic carbocycles. The van der Waals surface area contributed by atoms with E-state index in [1.807, 2.05) is 0 Å². The molecule has 0 aliphatic rings. The van der Waals surface area contributed by atoms with E-state index in [1.54, 1.807) is 0 Å². The third-order valence-electron chi connectivity index (χ3n) is 3.60. The fraction of sp³-hybridized carbons (Fsp3) is 0.938. The number of rotatable bonds is 11. The van der Waals surface area contributed by atoms with Crippen molar-refractivity contribution in [2.24, 2.45) is 16.6 Å². The molecule has 0 aliphatic heterocycles. The number of nitrogens with one attached hydrogen (secondary N) is 1. The highest BCUT2D eigenvalue weighted by Crippen LogP contribution is 2.36. The molecule has 0 spiro atoms. The molecule has 0 aromatic rings. The first-order valence-electron chi connectivity index (χ1n) is 7.79. The van der Waals surface area contributed by atoms with Crippen molar-refractivity contribution in [3.63, 3.8) is 0 Å². The molecule has 0 rings (SSSR count). The van der Waals surface area contributed by atoms with Crippen LogP contribution in [-0.2, 0) is 9.53 Å². The Morgan fingerprint density at radius 1 is 1.15 bits per heavy atom. The van der Waals surface area contributed by atoms with Gasteiger partial charge in [-0.3, -0.25) is 4.79 Å². The Morgan fingerprint density at radius 2 is 1.80 bits per heavy atom. The van der Waals surface area contributed by atoms with Crippen molar-refractivity contribution in [3.05, 3.63) is 0 Å². The Bertz CT molecular complexity index is 276. The summed E-state index contributed by atoms with van der Waals surface area (Å²) in [5.74, 6) is -0.118. The van der Waals surface area contributed by atoms with Crippen LogP contribution in [-0.4, -0.2) is 32.2 Å². The largest absolute Gasteiger partial charge is 0.465 e. The summed E-state index contributed by atoms with van der Waals surface area (Å²) in [5.41, 5.74) is 5.72. The zero-order chi connectivity index (χ0) is 15.6. The van der Waals surface area contributed by atoms with Crippen LogP contribution in [0.3, 0.4) is 0 Å². The Labute approximate surface area is 124 Å². The molecule has 4 nitrogen and oxygen atoms in total. The van der Waals surface area contributed by atoms with Gasteiger partial charge in [-0.05, 0) is 36.8 Å². The molecular formula is C16H34N2O2. The molecule has 0 fully saturated rings. The van der Waals surface area contributed by atoms with Gasteiger partial charge < -0.3 is 15.8 Å². The zero-order valence-electron chi connectivity index (χ0n) is 14.1. The highest BCUT2D eigenvalue weighted by atomic mass is 16.5. The first-order valence-corrected chi connectivity index (χ1v) is 7.79. The number of hydrogen-bond acceptors (Lipinski definition) is 4. The molecule has 0 atom stereocenters. The molecule has 0 saturated heterocycles. The number of carbonyl (C=O) groups is 1. The van der Waals surface area contributed by atoms with Crippen molar-refractivity contribution in [2.75, 3.05) is 26.2 Å². The normalized spacial score (nSPS) is 12.5. The predicted molar refractivity (Wildman–Crippen MR) is 84.6 cm³/mol. The van der Waals surface area contributed by atoms with Gasteiger partial charge in [0.05, 0.1) is 13.0 Å². The first-order chi connectivity index (χ1) is 9.22. The summed E-state index contributed by atoms with van der Waals surface area (Å²) in [6.45, 7) is 13.8. The van der Waals surface area contributed by atoms with Crippen molar-refractivity contribution in [1.29, 1.82) is 0 Å². The molecule has 0 saturated carbocycles. The monoisotopic (exact) mass is 286 g/mol. The average molecular weight is 286 g/mol. The molecule has 0 radical (unpaired) electrons. The predicted octanol–water partition coefficient (Wildman–Crippen LogP) is 2.71. The summed E-state index contributed by atoms with van der Waals surface area (Å²) in [6.07, 6.45) is 3.56. The highest BCUT2D eigenvalue weighted by Gasteiger charge is 2.28. The average Bonchev–Trinajstić information content (AvgIpc) is 2.35. The van der Waals surface area contributed by atoms with Crippen molar-refractivity contribution < 1.29 is 9.53 Å². The lowest BCUT2D eigenvalue weighted by Crippen LogP contribution is -2.29. The van der Waals surface area contributed by atoms with Crippen molar-refractivity contribution >= 4 is 5.97 Å². The van der Waals surface area contributed by atoms with Gasteiger partial charge in [-0.1, -0.05) is 41.0 Å². The lowest BCUT2D eigenvalue weighted by molar-refractivity contribution is -0.147. The Morgan fingerprint density at radius 3 is 2.35 bits per heavy atom. The van der Waals surface area contributed by atoms with Crippen LogP contribution in [0.15, 0.2) is 0 Å². The summed E-state index contributed by atoms with van der Waals surface area (Å²) in [4.78, 5) is 11.7. The Balaban J connectivity index is 3.87. The molecule has 4 heteroatoms. The number of carbonyl (C=O) groups excluding carboxylic acids is 1. The number of nitrogens with two attached hydrogens (primary N) is 1. The van der Waals surface area contributed by atoms with E-state index in [-0.39, 0.29) is 11.4 Å². The van der Waals surface area contributed by atoms with Crippen LogP contribution in [0.4, 0.5) is 0 Å². The number of hydrogen-bond donors (Lipinski definition) is 2. The van der Waals surface area contributed by atoms with Crippen LogP contribution in [0.2, 0.25) is 0 Å². The fourth-order valence-electron chi connectivity index (χ4n) is 2.36. The topological polar surface area (TPSA) is 64.3 Å². The lowest BCUT2D eigenvalue weighted by atomic mass is 9.74. The first kappa shape index (κ1) is 19.4. The standard InChI is InChI=1S/C16H34N2O2/c1-6-15(2,3)12-16(4,5)13-20-14(19)8-11-18-10-7-9-17/h18H,6-13,17H2,1-5H3. The molecule has 0 amide bonds. The molecule has 3 N–H and O–H groups in total. The van der Waals surface area contributed by atoms with E-state index in [2.05, 4.69) is 39.9 Å². The van der Waals surface area contributed by atoms with E-state index in [0.717, 1.165) is 25.8 Å². The molecule has 0 heterocycles. The summed E-state index contributed by atoms with van der Waals surface area (Å²) in [5, 5.41) is 3.18. The number of ether oxygens (including phenoxy) is 1. The third-order valence-corrected chi connectivity index (χ3v) is 3.60. The van der Waals surface area contributed by atoms with E-state index in [0.29, 0.717) is 31.5 Å². The maximum Gasteiger partial charge on any atom is 0.307 e. The van der Waals surface area contributed by atoms with Crippen LogP contribution < -0.4 is 11.1 Å². The second-order valence-corrected chi connectivity index (χ2v) is 7.16. The van der Waals surface area contributed by atoms with Gasteiger partial charge in [0.2, 0.25) is 0 Å². The highest BCUT2D eigenvalue weighted by molar-refractivity contribution is 5.69. The van der Waals surface area contributed by atoms with Crippen LogP contribution in [0.1, 0.15) is 60.3 Å². The summed E-state index contributed by atoms with van der Waals surface area (Å²) in [6, 6.07) is 0. The van der Waals surface area contributed by atoms with Crippen LogP contribution >= 0.6 is 0 Å². The van der Waals surface area contributed by atoms with Crippen molar-refractivity contribution in [1.82, 2.24) is 5.32 Å². The van der Waals surface area contributed by atoms with E-state index in [4.69, 9.17) is 10.5 Å².